The molecule has 1 atom stereocenters. The van der Waals surface area contributed by atoms with Gasteiger partial charge in [-0.05, 0) is 38.0 Å². The second-order valence-corrected chi connectivity index (χ2v) is 6.81. The van der Waals surface area contributed by atoms with Gasteiger partial charge in [0.15, 0.2) is 0 Å². The summed E-state index contributed by atoms with van der Waals surface area (Å²) in [5.74, 6) is 0.357. The molecular formula is C16H29N3O2. The van der Waals surface area contributed by atoms with Gasteiger partial charge in [-0.15, -0.1) is 0 Å². The molecule has 1 unspecified atom stereocenters. The Kier molecular flexibility index (Phi) is 6.03. The van der Waals surface area contributed by atoms with Crippen LogP contribution in [-0.4, -0.2) is 23.9 Å². The highest BCUT2D eigenvalue weighted by atomic mass is 16.2. The average Bonchev–Trinajstić information content (AvgIpc) is 2.48. The third-order valence-electron chi connectivity index (χ3n) is 5.12. The number of rotatable bonds is 5. The van der Waals surface area contributed by atoms with Crippen molar-refractivity contribution < 1.29 is 9.59 Å². The standard InChI is InChI=1S/C16H29N3O2/c17-14(10-11-4-2-1-3-5-11)16(21)19-13-8-6-12(7-9-13)15(18)20/h11-14H,1-10,17H2,(H2,18,20)(H,19,21). The van der Waals surface area contributed by atoms with E-state index in [1.807, 2.05) is 0 Å². The van der Waals surface area contributed by atoms with Gasteiger partial charge >= 0.3 is 0 Å². The molecular weight excluding hydrogens is 266 g/mol. The Morgan fingerprint density at radius 2 is 1.62 bits per heavy atom. The van der Waals surface area contributed by atoms with E-state index < -0.39 is 0 Å². The second-order valence-electron chi connectivity index (χ2n) is 6.81. The minimum absolute atomic E-state index is 0.0194. The fraction of sp³-hybridized carbons (Fsp3) is 0.875. The Morgan fingerprint density at radius 3 is 2.19 bits per heavy atom. The summed E-state index contributed by atoms with van der Waals surface area (Å²) in [7, 11) is 0. The molecule has 2 saturated carbocycles. The molecule has 0 aliphatic heterocycles. The molecule has 0 bridgehead atoms. The molecule has 0 spiro atoms. The van der Waals surface area contributed by atoms with E-state index in [1.54, 1.807) is 0 Å². The van der Waals surface area contributed by atoms with E-state index in [4.69, 9.17) is 11.5 Å². The molecule has 0 saturated heterocycles. The molecule has 21 heavy (non-hydrogen) atoms. The molecule has 120 valence electrons. The monoisotopic (exact) mass is 295 g/mol. The summed E-state index contributed by atoms with van der Waals surface area (Å²) in [5, 5.41) is 3.05. The molecule has 5 N–H and O–H groups in total. The lowest BCUT2D eigenvalue weighted by atomic mass is 9.84. The number of carbonyl (C=O) groups is 2. The minimum atomic E-state index is -0.387. The highest BCUT2D eigenvalue weighted by Gasteiger charge is 2.27. The summed E-state index contributed by atoms with van der Waals surface area (Å²) >= 11 is 0. The SMILES string of the molecule is NC(=O)C1CCC(NC(=O)C(N)CC2CCCCC2)CC1. The van der Waals surface area contributed by atoms with Gasteiger partial charge in [0.05, 0.1) is 6.04 Å². The molecule has 2 fully saturated rings. The Morgan fingerprint density at radius 1 is 1.00 bits per heavy atom. The molecule has 2 aliphatic rings. The fourth-order valence-corrected chi connectivity index (χ4v) is 3.72. The summed E-state index contributed by atoms with van der Waals surface area (Å²) in [6.07, 6.45) is 10.3. The number of primary amides is 1. The van der Waals surface area contributed by atoms with Gasteiger partial charge in [-0.3, -0.25) is 9.59 Å². The number of nitrogens with one attached hydrogen (secondary N) is 1. The Bertz CT molecular complexity index is 359. The molecule has 2 rings (SSSR count). The molecule has 5 nitrogen and oxygen atoms in total. The molecule has 0 aromatic rings. The number of nitrogens with two attached hydrogens (primary N) is 2. The molecule has 2 aliphatic carbocycles. The molecule has 0 aromatic heterocycles. The number of hydrogen-bond donors (Lipinski definition) is 3. The molecule has 0 radical (unpaired) electrons. The van der Waals surface area contributed by atoms with Gasteiger partial charge in [0.25, 0.3) is 0 Å². The van der Waals surface area contributed by atoms with Crippen LogP contribution < -0.4 is 16.8 Å². The smallest absolute Gasteiger partial charge is 0.237 e. The number of amides is 2. The van der Waals surface area contributed by atoms with Gasteiger partial charge in [-0.1, -0.05) is 32.1 Å². The largest absolute Gasteiger partial charge is 0.369 e. The fourth-order valence-electron chi connectivity index (χ4n) is 3.72. The topological polar surface area (TPSA) is 98.2 Å². The third kappa shape index (κ3) is 4.99. The van der Waals surface area contributed by atoms with Crippen LogP contribution in [0.5, 0.6) is 0 Å². The predicted octanol–water partition coefficient (Wildman–Crippen LogP) is 1.44. The Labute approximate surface area is 127 Å². The van der Waals surface area contributed by atoms with Gasteiger partial charge in [-0.25, -0.2) is 0 Å². The number of hydrogen-bond acceptors (Lipinski definition) is 3. The summed E-state index contributed by atoms with van der Waals surface area (Å²) in [6.45, 7) is 0. The lowest BCUT2D eigenvalue weighted by molar-refractivity contribution is -0.124. The van der Waals surface area contributed by atoms with Crippen molar-refractivity contribution in [1.29, 1.82) is 0 Å². The van der Waals surface area contributed by atoms with E-state index >= 15 is 0 Å². The lowest BCUT2D eigenvalue weighted by Gasteiger charge is -2.29. The van der Waals surface area contributed by atoms with E-state index in [9.17, 15) is 9.59 Å². The van der Waals surface area contributed by atoms with Gasteiger partial charge in [0.2, 0.25) is 11.8 Å². The molecule has 5 heteroatoms. The first-order chi connectivity index (χ1) is 10.1. The van der Waals surface area contributed by atoms with Crippen LogP contribution in [0.25, 0.3) is 0 Å². The summed E-state index contributed by atoms with van der Waals surface area (Å²) in [6, 6.07) is -0.229. The molecule has 0 heterocycles. The summed E-state index contributed by atoms with van der Waals surface area (Å²) < 4.78 is 0. The maximum Gasteiger partial charge on any atom is 0.237 e. The van der Waals surface area contributed by atoms with Crippen molar-refractivity contribution >= 4 is 11.8 Å². The van der Waals surface area contributed by atoms with Crippen LogP contribution in [0.3, 0.4) is 0 Å². The zero-order valence-corrected chi connectivity index (χ0v) is 12.9. The first-order valence-corrected chi connectivity index (χ1v) is 8.41. The van der Waals surface area contributed by atoms with E-state index in [1.165, 1.54) is 32.1 Å². The van der Waals surface area contributed by atoms with Crippen molar-refractivity contribution in [1.82, 2.24) is 5.32 Å². The Balaban J connectivity index is 1.70. The minimum Gasteiger partial charge on any atom is -0.369 e. The highest BCUT2D eigenvalue weighted by molar-refractivity contribution is 5.81. The van der Waals surface area contributed by atoms with Gasteiger partial charge in [0.1, 0.15) is 0 Å². The van der Waals surface area contributed by atoms with Crippen LogP contribution >= 0.6 is 0 Å². The number of carbonyl (C=O) groups excluding carboxylic acids is 2. The summed E-state index contributed by atoms with van der Waals surface area (Å²) in [4.78, 5) is 23.3. The normalized spacial score (nSPS) is 28.8. The zero-order chi connectivity index (χ0) is 15.2. The van der Waals surface area contributed by atoms with Crippen molar-refractivity contribution in [2.24, 2.45) is 23.3 Å². The van der Waals surface area contributed by atoms with Crippen LogP contribution in [0.2, 0.25) is 0 Å². The van der Waals surface area contributed by atoms with Gasteiger partial charge in [0, 0.05) is 12.0 Å². The second kappa shape index (κ2) is 7.78. The lowest BCUT2D eigenvalue weighted by Crippen LogP contribution is -2.47. The van der Waals surface area contributed by atoms with Crippen molar-refractivity contribution in [3.05, 3.63) is 0 Å². The van der Waals surface area contributed by atoms with Crippen molar-refractivity contribution in [2.45, 2.75) is 76.3 Å². The highest BCUT2D eigenvalue weighted by Crippen LogP contribution is 2.27. The molecule has 0 aromatic carbocycles. The van der Waals surface area contributed by atoms with E-state index in [2.05, 4.69) is 5.32 Å². The maximum atomic E-state index is 12.2. The zero-order valence-electron chi connectivity index (χ0n) is 12.9. The van der Waals surface area contributed by atoms with Gasteiger partial charge in [-0.2, -0.15) is 0 Å². The first kappa shape index (κ1) is 16.3. The van der Waals surface area contributed by atoms with Crippen LogP contribution in [0, 0.1) is 11.8 Å². The van der Waals surface area contributed by atoms with Crippen molar-refractivity contribution in [2.75, 3.05) is 0 Å². The van der Waals surface area contributed by atoms with E-state index in [0.29, 0.717) is 5.92 Å². The van der Waals surface area contributed by atoms with E-state index in [-0.39, 0.29) is 29.8 Å². The third-order valence-corrected chi connectivity index (χ3v) is 5.12. The van der Waals surface area contributed by atoms with Crippen molar-refractivity contribution in [3.63, 3.8) is 0 Å². The predicted molar refractivity (Wildman–Crippen MR) is 82.3 cm³/mol. The quantitative estimate of drug-likeness (QED) is 0.716. The average molecular weight is 295 g/mol. The first-order valence-electron chi connectivity index (χ1n) is 8.41. The van der Waals surface area contributed by atoms with Crippen LogP contribution in [-0.2, 0) is 9.59 Å². The maximum absolute atomic E-state index is 12.2. The van der Waals surface area contributed by atoms with Gasteiger partial charge < -0.3 is 16.8 Å². The summed E-state index contributed by atoms with van der Waals surface area (Å²) in [5.41, 5.74) is 11.4. The van der Waals surface area contributed by atoms with Crippen LogP contribution in [0.15, 0.2) is 0 Å². The van der Waals surface area contributed by atoms with Crippen LogP contribution in [0.1, 0.15) is 64.2 Å². The van der Waals surface area contributed by atoms with Crippen LogP contribution in [0.4, 0.5) is 0 Å². The van der Waals surface area contributed by atoms with Crippen molar-refractivity contribution in [3.8, 4) is 0 Å². The van der Waals surface area contributed by atoms with E-state index in [0.717, 1.165) is 32.1 Å². The molecule has 2 amide bonds. The Hall–Kier alpha value is -1.10.